The minimum atomic E-state index is -0.913. The van der Waals surface area contributed by atoms with Crippen molar-refractivity contribution in [1.82, 2.24) is 9.78 Å². The van der Waals surface area contributed by atoms with E-state index in [2.05, 4.69) is 10.4 Å². The zero-order chi connectivity index (χ0) is 18.8. The van der Waals surface area contributed by atoms with Gasteiger partial charge >= 0.3 is 0 Å². The van der Waals surface area contributed by atoms with Crippen molar-refractivity contribution in [3.63, 3.8) is 0 Å². The van der Waals surface area contributed by atoms with Crippen molar-refractivity contribution in [3.8, 4) is 17.0 Å². The molecule has 1 heterocycles. The molecule has 0 fully saturated rings. The monoisotopic (exact) mass is 377 g/mol. The molecule has 5 nitrogen and oxygen atoms in total. The van der Waals surface area contributed by atoms with Crippen molar-refractivity contribution in [2.75, 3.05) is 12.4 Å². The van der Waals surface area contributed by atoms with Crippen LogP contribution in [0.1, 0.15) is 10.4 Å². The molecule has 0 unspecified atom stereocenters. The highest BCUT2D eigenvalue weighted by Gasteiger charge is 2.18. The molecule has 134 valence electrons. The summed E-state index contributed by atoms with van der Waals surface area (Å²) in [4.78, 5) is 12.3. The Kier molecular flexibility index (Phi) is 4.90. The number of hydrogen-bond donors (Lipinski definition) is 1. The lowest BCUT2D eigenvalue weighted by Gasteiger charge is -2.06. The molecule has 3 aromatic rings. The molecule has 0 bridgehead atoms. The number of hydrogen-bond acceptors (Lipinski definition) is 3. The summed E-state index contributed by atoms with van der Waals surface area (Å²) in [5.41, 5.74) is 0.921. The fraction of sp³-hybridized carbons (Fsp3) is 0.111. The summed E-state index contributed by atoms with van der Waals surface area (Å²) in [5, 5.41) is 6.44. The average Bonchev–Trinajstić information content (AvgIpc) is 2.98. The van der Waals surface area contributed by atoms with E-state index in [1.807, 2.05) is 12.1 Å². The van der Waals surface area contributed by atoms with Crippen molar-refractivity contribution < 1.29 is 18.3 Å². The van der Waals surface area contributed by atoms with Crippen LogP contribution in [0.3, 0.4) is 0 Å². The molecule has 0 spiro atoms. The first-order valence-corrected chi connectivity index (χ1v) is 7.91. The van der Waals surface area contributed by atoms with E-state index >= 15 is 0 Å². The predicted octanol–water partition coefficient (Wildman–Crippen LogP) is 4.28. The summed E-state index contributed by atoms with van der Waals surface area (Å²) in [6.07, 6.45) is 0. The molecule has 2 aromatic carbocycles. The Morgan fingerprint density at radius 1 is 1.19 bits per heavy atom. The molecule has 0 atom stereocenters. The quantitative estimate of drug-likeness (QED) is 0.690. The van der Waals surface area contributed by atoms with E-state index < -0.39 is 23.1 Å². The summed E-state index contributed by atoms with van der Waals surface area (Å²) in [5.74, 6) is -1.61. The number of nitrogens with zero attached hydrogens (tertiary/aromatic N) is 2. The molecule has 1 amide bonds. The van der Waals surface area contributed by atoms with Gasteiger partial charge in [0.15, 0.2) is 0 Å². The van der Waals surface area contributed by atoms with Gasteiger partial charge in [0, 0.05) is 18.7 Å². The molecule has 3 rings (SSSR count). The Morgan fingerprint density at radius 3 is 2.69 bits per heavy atom. The minimum Gasteiger partial charge on any atom is -0.497 e. The van der Waals surface area contributed by atoms with Gasteiger partial charge in [0.05, 0.1) is 23.4 Å². The van der Waals surface area contributed by atoms with Crippen molar-refractivity contribution in [3.05, 3.63) is 64.7 Å². The lowest BCUT2D eigenvalue weighted by atomic mass is 10.1. The second kappa shape index (κ2) is 7.13. The van der Waals surface area contributed by atoms with Crippen LogP contribution < -0.4 is 10.1 Å². The summed E-state index contributed by atoms with van der Waals surface area (Å²) >= 11 is 5.50. The Labute approximate surface area is 153 Å². The van der Waals surface area contributed by atoms with Gasteiger partial charge in [-0.05, 0) is 24.3 Å². The smallest absolute Gasteiger partial charge is 0.259 e. The Hall–Kier alpha value is -2.93. The number of aromatic nitrogens is 2. The number of anilines is 1. The lowest BCUT2D eigenvalue weighted by molar-refractivity contribution is 0.102. The van der Waals surface area contributed by atoms with Crippen molar-refractivity contribution in [2.24, 2.45) is 7.05 Å². The zero-order valence-corrected chi connectivity index (χ0v) is 14.6. The van der Waals surface area contributed by atoms with E-state index in [9.17, 15) is 13.6 Å². The number of ether oxygens (including phenoxy) is 1. The highest BCUT2D eigenvalue weighted by Crippen LogP contribution is 2.26. The zero-order valence-electron chi connectivity index (χ0n) is 13.9. The summed E-state index contributed by atoms with van der Waals surface area (Å²) in [7, 11) is 3.18. The number of methoxy groups -OCH3 is 1. The molecule has 26 heavy (non-hydrogen) atoms. The predicted molar refractivity (Wildman–Crippen MR) is 94.5 cm³/mol. The molecular formula is C18H14ClF2N3O2. The molecule has 8 heteroatoms. The van der Waals surface area contributed by atoms with Crippen LogP contribution >= 0.6 is 11.6 Å². The van der Waals surface area contributed by atoms with Gasteiger partial charge in [0.25, 0.3) is 5.91 Å². The Bertz CT molecular complexity index is 989. The maximum Gasteiger partial charge on any atom is 0.259 e. The second-order valence-electron chi connectivity index (χ2n) is 5.47. The molecule has 1 aromatic heterocycles. The van der Waals surface area contributed by atoms with Crippen molar-refractivity contribution in [1.29, 1.82) is 0 Å². The Morgan fingerprint density at radius 2 is 1.96 bits per heavy atom. The largest absolute Gasteiger partial charge is 0.497 e. The fourth-order valence-corrected chi connectivity index (χ4v) is 2.54. The van der Waals surface area contributed by atoms with E-state index in [1.165, 1.54) is 4.68 Å². The topological polar surface area (TPSA) is 56.1 Å². The van der Waals surface area contributed by atoms with E-state index in [0.29, 0.717) is 17.3 Å². The molecule has 0 aliphatic rings. The van der Waals surface area contributed by atoms with Gasteiger partial charge < -0.3 is 10.1 Å². The van der Waals surface area contributed by atoms with Crippen LogP contribution in [0.25, 0.3) is 11.3 Å². The van der Waals surface area contributed by atoms with Gasteiger partial charge in [-0.1, -0.05) is 23.7 Å². The summed E-state index contributed by atoms with van der Waals surface area (Å²) < 4.78 is 34.0. The van der Waals surface area contributed by atoms with Crippen LogP contribution in [0.4, 0.5) is 14.6 Å². The van der Waals surface area contributed by atoms with E-state index in [-0.39, 0.29) is 5.02 Å². The number of benzene rings is 2. The van der Waals surface area contributed by atoms with Crippen LogP contribution in [0.2, 0.25) is 5.02 Å². The van der Waals surface area contributed by atoms with Gasteiger partial charge in [0.2, 0.25) is 0 Å². The SMILES string of the molecule is COc1cccc(-c2cc(NC(=O)c3cc(F)c(Cl)cc3F)n(C)n2)c1. The number of rotatable bonds is 4. The van der Waals surface area contributed by atoms with E-state index in [0.717, 1.165) is 17.7 Å². The fourth-order valence-electron chi connectivity index (χ4n) is 2.39. The molecule has 0 radical (unpaired) electrons. The number of carbonyl (C=O) groups is 1. The standard InChI is InChI=1S/C18H14ClF2N3O2/c1-24-17(9-16(23-24)10-4-3-5-11(6-10)26-2)22-18(25)12-7-15(21)13(19)8-14(12)20/h3-9H,1-2H3,(H,22,25). The highest BCUT2D eigenvalue weighted by molar-refractivity contribution is 6.30. The summed E-state index contributed by atoms with van der Waals surface area (Å²) in [6, 6.07) is 10.4. The number of nitrogens with one attached hydrogen (secondary N) is 1. The maximum absolute atomic E-state index is 13.9. The number of carbonyl (C=O) groups excluding carboxylic acids is 1. The molecule has 0 aliphatic carbocycles. The molecular weight excluding hydrogens is 364 g/mol. The first-order chi connectivity index (χ1) is 12.4. The number of aryl methyl sites for hydroxylation is 1. The third-order valence-electron chi connectivity index (χ3n) is 3.74. The second-order valence-corrected chi connectivity index (χ2v) is 5.88. The van der Waals surface area contributed by atoms with Gasteiger partial charge in [-0.3, -0.25) is 9.48 Å². The van der Waals surface area contributed by atoms with Gasteiger partial charge in [-0.15, -0.1) is 0 Å². The molecule has 0 saturated carbocycles. The van der Waals surface area contributed by atoms with Crippen molar-refractivity contribution in [2.45, 2.75) is 0 Å². The van der Waals surface area contributed by atoms with Crippen LogP contribution in [-0.4, -0.2) is 22.8 Å². The third-order valence-corrected chi connectivity index (χ3v) is 4.03. The molecule has 0 aliphatic heterocycles. The van der Waals surface area contributed by atoms with E-state index in [1.54, 1.807) is 32.4 Å². The molecule has 0 saturated heterocycles. The lowest BCUT2D eigenvalue weighted by Crippen LogP contribution is -2.16. The first kappa shape index (κ1) is 17.9. The Balaban J connectivity index is 1.88. The van der Waals surface area contributed by atoms with Gasteiger partial charge in [-0.25, -0.2) is 8.78 Å². The van der Waals surface area contributed by atoms with E-state index in [4.69, 9.17) is 16.3 Å². The van der Waals surface area contributed by atoms with Crippen LogP contribution in [0, 0.1) is 11.6 Å². The average molecular weight is 378 g/mol. The van der Waals surface area contributed by atoms with Crippen LogP contribution in [0.15, 0.2) is 42.5 Å². The van der Waals surface area contributed by atoms with Crippen molar-refractivity contribution >= 4 is 23.3 Å². The number of halogens is 3. The maximum atomic E-state index is 13.9. The van der Waals surface area contributed by atoms with Crippen LogP contribution in [-0.2, 0) is 7.05 Å². The van der Waals surface area contributed by atoms with Crippen LogP contribution in [0.5, 0.6) is 5.75 Å². The van der Waals surface area contributed by atoms with Gasteiger partial charge in [-0.2, -0.15) is 5.10 Å². The highest BCUT2D eigenvalue weighted by atomic mass is 35.5. The normalized spacial score (nSPS) is 10.7. The first-order valence-electron chi connectivity index (χ1n) is 7.53. The van der Waals surface area contributed by atoms with Gasteiger partial charge in [0.1, 0.15) is 23.2 Å². The minimum absolute atomic E-state index is 0.322. The third kappa shape index (κ3) is 3.52. The number of amides is 1. The summed E-state index contributed by atoms with van der Waals surface area (Å²) in [6.45, 7) is 0. The molecule has 1 N–H and O–H groups in total.